The van der Waals surface area contributed by atoms with E-state index in [1.807, 2.05) is 0 Å². The number of sulfonamides is 1. The number of rotatable bonds is 4. The second-order valence-corrected chi connectivity index (χ2v) is 5.16. The predicted octanol–water partition coefficient (Wildman–Crippen LogP) is 1.77. The van der Waals surface area contributed by atoms with Gasteiger partial charge >= 0.3 is 6.09 Å². The van der Waals surface area contributed by atoms with Crippen LogP contribution in [0.1, 0.15) is 6.92 Å². The molecule has 1 amide bonds. The van der Waals surface area contributed by atoms with E-state index >= 15 is 0 Å². The van der Waals surface area contributed by atoms with Crippen LogP contribution in [0.2, 0.25) is 0 Å². The molecular formula is C10H13FN2O4S. The first kappa shape index (κ1) is 14.2. The minimum absolute atomic E-state index is 0.144. The molecule has 0 heterocycles. The van der Waals surface area contributed by atoms with Crippen LogP contribution < -0.4 is 10.0 Å². The lowest BCUT2D eigenvalue weighted by Crippen LogP contribution is -2.15. The van der Waals surface area contributed by atoms with Crippen molar-refractivity contribution in [1.82, 2.24) is 0 Å². The van der Waals surface area contributed by atoms with Crippen molar-refractivity contribution < 1.29 is 22.3 Å². The van der Waals surface area contributed by atoms with Crippen LogP contribution in [0.3, 0.4) is 0 Å². The molecule has 0 spiro atoms. The molecule has 0 aromatic heterocycles. The Bertz CT molecular complexity index is 545. The third-order valence-electron chi connectivity index (χ3n) is 1.78. The van der Waals surface area contributed by atoms with Gasteiger partial charge in [0.05, 0.1) is 24.2 Å². The number of amides is 1. The molecule has 1 aromatic rings. The number of hydrogen-bond acceptors (Lipinski definition) is 4. The quantitative estimate of drug-likeness (QED) is 0.877. The maximum atomic E-state index is 13.4. The summed E-state index contributed by atoms with van der Waals surface area (Å²) in [7, 11) is -3.46. The molecule has 1 rings (SSSR count). The Balaban J connectivity index is 2.91. The van der Waals surface area contributed by atoms with Gasteiger partial charge in [0.25, 0.3) is 0 Å². The second-order valence-electron chi connectivity index (χ2n) is 3.41. The van der Waals surface area contributed by atoms with Gasteiger partial charge in [0.2, 0.25) is 10.0 Å². The van der Waals surface area contributed by atoms with Gasteiger partial charge in [-0.2, -0.15) is 0 Å². The van der Waals surface area contributed by atoms with Crippen molar-refractivity contribution in [2.75, 3.05) is 22.9 Å². The van der Waals surface area contributed by atoms with Gasteiger partial charge in [0, 0.05) is 0 Å². The Labute approximate surface area is 104 Å². The van der Waals surface area contributed by atoms with E-state index in [-0.39, 0.29) is 18.0 Å². The summed E-state index contributed by atoms with van der Waals surface area (Å²) >= 11 is 0. The second kappa shape index (κ2) is 5.67. The number of anilines is 2. The normalized spacial score (nSPS) is 10.8. The summed E-state index contributed by atoms with van der Waals surface area (Å²) in [6, 6.07) is 3.44. The Kier molecular flexibility index (Phi) is 4.49. The standard InChI is InChI=1S/C10H13FN2O4S/c1-3-17-10(14)12-9-6-7(4-5-8(9)11)13-18(2,15)16/h4-6,13H,3H2,1-2H3,(H,12,14). The maximum absolute atomic E-state index is 13.4. The van der Waals surface area contributed by atoms with Gasteiger partial charge < -0.3 is 4.74 Å². The monoisotopic (exact) mass is 276 g/mol. The molecule has 0 aliphatic heterocycles. The molecule has 0 fully saturated rings. The van der Waals surface area contributed by atoms with E-state index in [9.17, 15) is 17.6 Å². The van der Waals surface area contributed by atoms with E-state index in [1.54, 1.807) is 6.92 Å². The molecule has 0 atom stereocenters. The molecule has 8 heteroatoms. The van der Waals surface area contributed by atoms with Crippen LogP contribution in [0.15, 0.2) is 18.2 Å². The first-order valence-corrected chi connectivity index (χ1v) is 6.92. The van der Waals surface area contributed by atoms with Crippen LogP contribution >= 0.6 is 0 Å². The zero-order valence-electron chi connectivity index (χ0n) is 9.86. The molecule has 0 saturated heterocycles. The Hall–Kier alpha value is -1.83. The lowest BCUT2D eigenvalue weighted by molar-refractivity contribution is 0.168. The van der Waals surface area contributed by atoms with Crippen LogP contribution in [-0.2, 0) is 14.8 Å². The topological polar surface area (TPSA) is 84.5 Å². The fourth-order valence-electron chi connectivity index (χ4n) is 1.18. The molecule has 0 bridgehead atoms. The summed E-state index contributed by atoms with van der Waals surface area (Å²) in [5, 5.41) is 2.17. The molecule has 100 valence electrons. The van der Waals surface area contributed by atoms with Gasteiger partial charge in [-0.15, -0.1) is 0 Å². The van der Waals surface area contributed by atoms with Crippen LogP contribution in [0, 0.1) is 5.82 Å². The molecule has 0 radical (unpaired) electrons. The molecule has 18 heavy (non-hydrogen) atoms. The minimum Gasteiger partial charge on any atom is -0.450 e. The van der Waals surface area contributed by atoms with Gasteiger partial charge in [-0.05, 0) is 25.1 Å². The van der Waals surface area contributed by atoms with Crippen molar-refractivity contribution in [3.63, 3.8) is 0 Å². The number of carbonyl (C=O) groups is 1. The van der Waals surface area contributed by atoms with Crippen molar-refractivity contribution in [2.24, 2.45) is 0 Å². The number of carbonyl (C=O) groups excluding carboxylic acids is 1. The van der Waals surface area contributed by atoms with Crippen molar-refractivity contribution in [3.8, 4) is 0 Å². The molecular weight excluding hydrogens is 263 g/mol. The lowest BCUT2D eigenvalue weighted by atomic mass is 10.3. The third-order valence-corrected chi connectivity index (χ3v) is 2.39. The molecule has 0 aliphatic rings. The Morgan fingerprint density at radius 3 is 2.67 bits per heavy atom. The van der Waals surface area contributed by atoms with Gasteiger partial charge in [-0.1, -0.05) is 0 Å². The number of nitrogens with one attached hydrogen (secondary N) is 2. The lowest BCUT2D eigenvalue weighted by Gasteiger charge is -2.09. The van der Waals surface area contributed by atoms with E-state index in [0.717, 1.165) is 18.4 Å². The predicted molar refractivity (Wildman–Crippen MR) is 65.5 cm³/mol. The number of halogens is 1. The van der Waals surface area contributed by atoms with Gasteiger partial charge in [0.15, 0.2) is 0 Å². The van der Waals surface area contributed by atoms with Gasteiger partial charge in [0.1, 0.15) is 5.82 Å². The van der Waals surface area contributed by atoms with Crippen molar-refractivity contribution >= 4 is 27.5 Å². The average molecular weight is 276 g/mol. The summed E-state index contributed by atoms with van der Waals surface area (Å²) < 4.78 is 42.1. The highest BCUT2D eigenvalue weighted by molar-refractivity contribution is 7.92. The summed E-state index contributed by atoms with van der Waals surface area (Å²) in [4.78, 5) is 11.1. The van der Waals surface area contributed by atoms with E-state index in [1.165, 1.54) is 6.07 Å². The van der Waals surface area contributed by atoms with Crippen molar-refractivity contribution in [1.29, 1.82) is 0 Å². The van der Waals surface area contributed by atoms with Crippen LogP contribution in [0.5, 0.6) is 0 Å². The van der Waals surface area contributed by atoms with E-state index < -0.39 is 21.9 Å². The van der Waals surface area contributed by atoms with E-state index in [0.29, 0.717) is 0 Å². The van der Waals surface area contributed by atoms with Crippen LogP contribution in [0.4, 0.5) is 20.6 Å². The highest BCUT2D eigenvalue weighted by Gasteiger charge is 2.10. The molecule has 0 saturated carbocycles. The highest BCUT2D eigenvalue weighted by atomic mass is 32.2. The molecule has 0 aliphatic carbocycles. The summed E-state index contributed by atoms with van der Waals surface area (Å²) in [5.74, 6) is -0.692. The van der Waals surface area contributed by atoms with E-state index in [4.69, 9.17) is 0 Å². The first-order chi connectivity index (χ1) is 8.31. The molecule has 1 aromatic carbocycles. The van der Waals surface area contributed by atoms with Crippen molar-refractivity contribution in [3.05, 3.63) is 24.0 Å². The number of benzene rings is 1. The summed E-state index contributed by atoms with van der Waals surface area (Å²) in [5.41, 5.74) is -0.0206. The zero-order chi connectivity index (χ0) is 13.8. The summed E-state index contributed by atoms with van der Waals surface area (Å²) in [6.45, 7) is 1.76. The smallest absolute Gasteiger partial charge is 0.411 e. The zero-order valence-corrected chi connectivity index (χ0v) is 10.7. The first-order valence-electron chi connectivity index (χ1n) is 5.03. The third kappa shape index (κ3) is 4.58. The number of ether oxygens (including phenoxy) is 1. The molecule has 0 unspecified atom stereocenters. The Morgan fingerprint density at radius 2 is 2.11 bits per heavy atom. The van der Waals surface area contributed by atoms with Gasteiger partial charge in [-0.3, -0.25) is 10.0 Å². The average Bonchev–Trinajstić information content (AvgIpc) is 2.21. The minimum atomic E-state index is -3.46. The highest BCUT2D eigenvalue weighted by Crippen LogP contribution is 2.20. The summed E-state index contributed by atoms with van der Waals surface area (Å²) in [6.07, 6.45) is 0.155. The van der Waals surface area contributed by atoms with E-state index in [2.05, 4.69) is 14.8 Å². The molecule has 2 N–H and O–H groups in total. The Morgan fingerprint density at radius 1 is 1.44 bits per heavy atom. The fourth-order valence-corrected chi connectivity index (χ4v) is 1.73. The van der Waals surface area contributed by atoms with Gasteiger partial charge in [-0.25, -0.2) is 17.6 Å². The fraction of sp³-hybridized carbons (Fsp3) is 0.300. The SMILES string of the molecule is CCOC(=O)Nc1cc(NS(C)(=O)=O)ccc1F. The number of hydrogen-bond donors (Lipinski definition) is 2. The van der Waals surface area contributed by atoms with Crippen molar-refractivity contribution in [2.45, 2.75) is 6.92 Å². The van der Waals surface area contributed by atoms with Crippen LogP contribution in [-0.4, -0.2) is 27.4 Å². The van der Waals surface area contributed by atoms with Crippen LogP contribution in [0.25, 0.3) is 0 Å². The maximum Gasteiger partial charge on any atom is 0.411 e. The largest absolute Gasteiger partial charge is 0.450 e. The molecule has 6 nitrogen and oxygen atoms in total.